The molecular weight excluding hydrogens is 236 g/mol. The zero-order chi connectivity index (χ0) is 13.7. The molecule has 19 heavy (non-hydrogen) atoms. The van der Waals surface area contributed by atoms with Gasteiger partial charge in [0.25, 0.3) is 0 Å². The summed E-state index contributed by atoms with van der Waals surface area (Å²) in [5.74, 6) is 0.751. The van der Waals surface area contributed by atoms with Crippen molar-refractivity contribution >= 4 is 11.6 Å². The molecule has 1 aliphatic heterocycles. The quantitative estimate of drug-likeness (QED) is 0.903. The summed E-state index contributed by atoms with van der Waals surface area (Å²) in [7, 11) is 0. The Morgan fingerprint density at radius 2 is 2.11 bits per heavy atom. The maximum Gasteiger partial charge on any atom is 0.227 e. The molecular formula is C16H24N2O. The van der Waals surface area contributed by atoms with Gasteiger partial charge in [0.15, 0.2) is 0 Å². The molecule has 1 amide bonds. The second-order valence-corrected chi connectivity index (χ2v) is 5.39. The summed E-state index contributed by atoms with van der Waals surface area (Å²) in [6.45, 7) is 6.92. The number of amides is 1. The number of anilines is 1. The average Bonchev–Trinajstić information content (AvgIpc) is 2.43. The number of aryl methyl sites for hydroxylation is 1. The number of benzene rings is 1. The van der Waals surface area contributed by atoms with Crippen molar-refractivity contribution in [3.05, 3.63) is 29.8 Å². The van der Waals surface area contributed by atoms with Gasteiger partial charge in [-0.05, 0) is 57.8 Å². The van der Waals surface area contributed by atoms with Crippen LogP contribution in [0.1, 0.15) is 31.7 Å². The van der Waals surface area contributed by atoms with Crippen LogP contribution >= 0.6 is 0 Å². The molecule has 0 radical (unpaired) electrons. The van der Waals surface area contributed by atoms with E-state index < -0.39 is 0 Å². The fraction of sp³-hybridized carbons (Fsp3) is 0.562. The van der Waals surface area contributed by atoms with Gasteiger partial charge in [0.05, 0.1) is 0 Å². The highest BCUT2D eigenvalue weighted by Crippen LogP contribution is 2.20. The number of piperidine rings is 1. The molecule has 1 aromatic rings. The maximum absolute atomic E-state index is 12.4. The Balaban J connectivity index is 2.00. The van der Waals surface area contributed by atoms with Crippen LogP contribution in [0.3, 0.4) is 0 Å². The van der Waals surface area contributed by atoms with Gasteiger partial charge in [0, 0.05) is 18.7 Å². The molecule has 1 fully saturated rings. The summed E-state index contributed by atoms with van der Waals surface area (Å²) in [6, 6.07) is 8.20. The smallest absolute Gasteiger partial charge is 0.227 e. The monoisotopic (exact) mass is 260 g/mol. The van der Waals surface area contributed by atoms with Crippen LogP contribution in [-0.2, 0) is 4.79 Å². The first-order chi connectivity index (χ1) is 9.20. The van der Waals surface area contributed by atoms with Crippen molar-refractivity contribution in [1.29, 1.82) is 0 Å². The molecule has 1 atom stereocenters. The molecule has 0 aromatic heterocycles. The van der Waals surface area contributed by atoms with Crippen molar-refractivity contribution < 1.29 is 4.79 Å². The second kappa shape index (κ2) is 6.71. The lowest BCUT2D eigenvalue weighted by Gasteiger charge is -2.26. The highest BCUT2D eigenvalue weighted by atomic mass is 16.2. The van der Waals surface area contributed by atoms with Crippen molar-refractivity contribution in [2.24, 2.45) is 5.92 Å². The summed E-state index contributed by atoms with van der Waals surface area (Å²) in [5, 5.41) is 3.37. The predicted molar refractivity (Wildman–Crippen MR) is 79.4 cm³/mol. The summed E-state index contributed by atoms with van der Waals surface area (Å²) in [4.78, 5) is 14.3. The number of hydrogen-bond donors (Lipinski definition) is 1. The van der Waals surface area contributed by atoms with E-state index in [1.54, 1.807) is 0 Å². The lowest BCUT2D eigenvalue weighted by molar-refractivity contribution is -0.119. The normalized spacial score (nSPS) is 19.2. The van der Waals surface area contributed by atoms with Crippen molar-refractivity contribution in [3.8, 4) is 0 Å². The van der Waals surface area contributed by atoms with Crippen LogP contribution in [0.2, 0.25) is 0 Å². The highest BCUT2D eigenvalue weighted by Gasteiger charge is 2.20. The van der Waals surface area contributed by atoms with Gasteiger partial charge in [-0.3, -0.25) is 4.79 Å². The minimum absolute atomic E-state index is 0.250. The molecule has 1 unspecified atom stereocenters. The zero-order valence-electron chi connectivity index (χ0n) is 12.0. The Morgan fingerprint density at radius 3 is 2.68 bits per heavy atom. The Bertz CT molecular complexity index is 407. The molecule has 0 bridgehead atoms. The van der Waals surface area contributed by atoms with E-state index in [2.05, 4.69) is 24.4 Å². The average molecular weight is 260 g/mol. The van der Waals surface area contributed by atoms with Crippen molar-refractivity contribution in [2.75, 3.05) is 24.5 Å². The molecule has 0 saturated carbocycles. The van der Waals surface area contributed by atoms with Crippen LogP contribution in [0, 0.1) is 12.8 Å². The van der Waals surface area contributed by atoms with Gasteiger partial charge in [-0.15, -0.1) is 0 Å². The minimum atomic E-state index is 0.250. The van der Waals surface area contributed by atoms with Gasteiger partial charge in [-0.2, -0.15) is 0 Å². The first-order valence-corrected chi connectivity index (χ1v) is 7.28. The third-order valence-corrected chi connectivity index (χ3v) is 3.83. The molecule has 1 aromatic carbocycles. The van der Waals surface area contributed by atoms with E-state index in [0.29, 0.717) is 12.3 Å². The van der Waals surface area contributed by atoms with Gasteiger partial charge in [0.1, 0.15) is 0 Å². The molecule has 1 heterocycles. The molecule has 1 aliphatic rings. The number of carbonyl (C=O) groups excluding carboxylic acids is 1. The van der Waals surface area contributed by atoms with Crippen LogP contribution in [-0.4, -0.2) is 25.5 Å². The number of carbonyl (C=O) groups is 1. The third-order valence-electron chi connectivity index (χ3n) is 3.83. The van der Waals surface area contributed by atoms with E-state index in [-0.39, 0.29) is 5.91 Å². The lowest BCUT2D eigenvalue weighted by Crippen LogP contribution is -2.36. The van der Waals surface area contributed by atoms with Crippen molar-refractivity contribution in [1.82, 2.24) is 5.32 Å². The van der Waals surface area contributed by atoms with E-state index >= 15 is 0 Å². The lowest BCUT2D eigenvalue weighted by atomic mass is 9.95. The fourth-order valence-corrected chi connectivity index (χ4v) is 2.68. The molecule has 1 N–H and O–H groups in total. The molecule has 0 spiro atoms. The number of nitrogens with one attached hydrogen (secondary N) is 1. The summed E-state index contributed by atoms with van der Waals surface area (Å²) in [5.41, 5.74) is 2.24. The molecule has 2 rings (SSSR count). The summed E-state index contributed by atoms with van der Waals surface area (Å²) in [6.07, 6.45) is 3.02. The van der Waals surface area contributed by atoms with Crippen LogP contribution in [0.5, 0.6) is 0 Å². The van der Waals surface area contributed by atoms with E-state index in [9.17, 15) is 4.79 Å². The maximum atomic E-state index is 12.4. The highest BCUT2D eigenvalue weighted by molar-refractivity contribution is 5.93. The predicted octanol–water partition coefficient (Wildman–Crippen LogP) is 2.74. The third kappa shape index (κ3) is 3.80. The first kappa shape index (κ1) is 14.1. The van der Waals surface area contributed by atoms with E-state index in [1.807, 2.05) is 24.0 Å². The topological polar surface area (TPSA) is 32.3 Å². The number of hydrogen-bond acceptors (Lipinski definition) is 2. The number of nitrogens with zero attached hydrogens (tertiary/aromatic N) is 1. The largest absolute Gasteiger partial charge is 0.316 e. The second-order valence-electron chi connectivity index (χ2n) is 5.39. The standard InChI is InChI=1S/C16H24N2O/c1-3-18(15-8-6-13(2)7-9-15)16(19)11-14-5-4-10-17-12-14/h6-9,14,17H,3-5,10-12H2,1-2H3. The molecule has 104 valence electrons. The Labute approximate surface area is 116 Å². The summed E-state index contributed by atoms with van der Waals surface area (Å²) >= 11 is 0. The van der Waals surface area contributed by atoms with Crippen LogP contribution < -0.4 is 10.2 Å². The van der Waals surface area contributed by atoms with Crippen LogP contribution in [0.25, 0.3) is 0 Å². The van der Waals surface area contributed by atoms with Crippen LogP contribution in [0.4, 0.5) is 5.69 Å². The van der Waals surface area contributed by atoms with E-state index in [1.165, 1.54) is 18.4 Å². The zero-order valence-corrected chi connectivity index (χ0v) is 12.0. The summed E-state index contributed by atoms with van der Waals surface area (Å²) < 4.78 is 0. The van der Waals surface area contributed by atoms with Gasteiger partial charge in [-0.25, -0.2) is 0 Å². The molecule has 1 saturated heterocycles. The van der Waals surface area contributed by atoms with Gasteiger partial charge in [0.2, 0.25) is 5.91 Å². The van der Waals surface area contributed by atoms with E-state index in [4.69, 9.17) is 0 Å². The Morgan fingerprint density at radius 1 is 1.37 bits per heavy atom. The van der Waals surface area contributed by atoms with Crippen LogP contribution in [0.15, 0.2) is 24.3 Å². The van der Waals surface area contributed by atoms with E-state index in [0.717, 1.165) is 25.3 Å². The van der Waals surface area contributed by atoms with Crippen molar-refractivity contribution in [2.45, 2.75) is 33.1 Å². The number of rotatable bonds is 4. The SMILES string of the molecule is CCN(C(=O)CC1CCCNC1)c1ccc(C)cc1. The first-order valence-electron chi connectivity index (χ1n) is 7.28. The van der Waals surface area contributed by atoms with Crippen molar-refractivity contribution in [3.63, 3.8) is 0 Å². The fourth-order valence-electron chi connectivity index (χ4n) is 2.68. The Hall–Kier alpha value is -1.35. The Kier molecular flexibility index (Phi) is 4.97. The molecule has 0 aliphatic carbocycles. The molecule has 3 heteroatoms. The minimum Gasteiger partial charge on any atom is -0.316 e. The van der Waals surface area contributed by atoms with Gasteiger partial charge < -0.3 is 10.2 Å². The van der Waals surface area contributed by atoms with Gasteiger partial charge >= 0.3 is 0 Å². The van der Waals surface area contributed by atoms with Gasteiger partial charge in [-0.1, -0.05) is 17.7 Å². The molecule has 3 nitrogen and oxygen atoms in total.